The van der Waals surface area contributed by atoms with Gasteiger partial charge in [-0.1, -0.05) is 13.0 Å². The van der Waals surface area contributed by atoms with E-state index in [0.717, 1.165) is 19.3 Å². The first-order valence-corrected chi connectivity index (χ1v) is 4.54. The number of unbranched alkanes of at least 4 members (excludes halogenated alkanes) is 1. The topological polar surface area (TPSA) is 18.5 Å². The number of hydrogen-bond donors (Lipinski definition) is 0. The summed E-state index contributed by atoms with van der Waals surface area (Å²) in [6.07, 6.45) is 4.79. The van der Waals surface area contributed by atoms with Crippen molar-refractivity contribution in [1.29, 1.82) is 0 Å². The van der Waals surface area contributed by atoms with Gasteiger partial charge in [0.1, 0.15) is 0 Å². The molecular weight excluding hydrogens is 152 g/mol. The second-order valence-electron chi connectivity index (χ2n) is 3.45. The Hall–Kier alpha value is -0.340. The zero-order valence-corrected chi connectivity index (χ0v) is 8.43. The van der Waals surface area contributed by atoms with Crippen molar-refractivity contribution < 1.29 is 9.78 Å². The molecule has 2 heteroatoms. The highest BCUT2D eigenvalue weighted by molar-refractivity contribution is 4.65. The van der Waals surface area contributed by atoms with Crippen LogP contribution in [0.25, 0.3) is 0 Å². The Labute approximate surface area is 75.5 Å². The molecule has 0 saturated carbocycles. The van der Waals surface area contributed by atoms with Gasteiger partial charge in [-0.05, 0) is 33.1 Å². The molecule has 0 aromatic rings. The van der Waals surface area contributed by atoms with Crippen molar-refractivity contribution in [2.75, 3.05) is 6.61 Å². The van der Waals surface area contributed by atoms with Gasteiger partial charge in [0.25, 0.3) is 0 Å². The Morgan fingerprint density at radius 3 is 2.58 bits per heavy atom. The number of hydrogen-bond acceptors (Lipinski definition) is 2. The molecular formula is C10H20O2. The van der Waals surface area contributed by atoms with Crippen LogP contribution < -0.4 is 0 Å². The fraction of sp³-hybridized carbons (Fsp3) is 0.800. The van der Waals surface area contributed by atoms with E-state index in [1.54, 1.807) is 0 Å². The average Bonchev–Trinajstić information content (AvgIpc) is 2.04. The predicted molar refractivity (Wildman–Crippen MR) is 50.8 cm³/mol. The Morgan fingerprint density at radius 2 is 2.08 bits per heavy atom. The first-order valence-electron chi connectivity index (χ1n) is 4.54. The van der Waals surface area contributed by atoms with Crippen LogP contribution in [0.2, 0.25) is 0 Å². The van der Waals surface area contributed by atoms with E-state index in [0.29, 0.717) is 6.61 Å². The van der Waals surface area contributed by atoms with E-state index in [4.69, 9.17) is 9.78 Å². The van der Waals surface area contributed by atoms with Crippen molar-refractivity contribution in [1.82, 2.24) is 0 Å². The zero-order chi connectivity index (χ0) is 9.45. The zero-order valence-electron chi connectivity index (χ0n) is 8.43. The highest BCUT2D eigenvalue weighted by atomic mass is 17.2. The second kappa shape index (κ2) is 6.21. The first kappa shape index (κ1) is 11.7. The van der Waals surface area contributed by atoms with Crippen LogP contribution in [0.1, 0.15) is 40.0 Å². The normalized spacial score (nSPS) is 11.6. The van der Waals surface area contributed by atoms with Crippen molar-refractivity contribution in [2.45, 2.75) is 45.6 Å². The van der Waals surface area contributed by atoms with Crippen LogP contribution in [0, 0.1) is 0 Å². The van der Waals surface area contributed by atoms with Crippen molar-refractivity contribution in [3.05, 3.63) is 12.7 Å². The summed E-state index contributed by atoms with van der Waals surface area (Å²) >= 11 is 0. The van der Waals surface area contributed by atoms with Gasteiger partial charge in [0.15, 0.2) is 0 Å². The molecule has 0 fully saturated rings. The third-order valence-corrected chi connectivity index (χ3v) is 1.77. The monoisotopic (exact) mass is 172 g/mol. The quantitative estimate of drug-likeness (QED) is 0.254. The Morgan fingerprint density at radius 1 is 1.42 bits per heavy atom. The van der Waals surface area contributed by atoms with Gasteiger partial charge in [0, 0.05) is 0 Å². The SMILES string of the molecule is C=CCCCOOC(C)(C)CC. The molecule has 0 amide bonds. The summed E-state index contributed by atoms with van der Waals surface area (Å²) in [6.45, 7) is 10.4. The molecule has 0 atom stereocenters. The van der Waals surface area contributed by atoms with E-state index >= 15 is 0 Å². The molecule has 72 valence electrons. The Balaban J connectivity index is 3.24. The van der Waals surface area contributed by atoms with Gasteiger partial charge < -0.3 is 0 Å². The number of allylic oxidation sites excluding steroid dienone is 1. The van der Waals surface area contributed by atoms with Gasteiger partial charge in [-0.2, -0.15) is 0 Å². The summed E-state index contributed by atoms with van der Waals surface area (Å²) in [7, 11) is 0. The summed E-state index contributed by atoms with van der Waals surface area (Å²) in [5.74, 6) is 0. The second-order valence-corrected chi connectivity index (χ2v) is 3.45. The minimum absolute atomic E-state index is 0.159. The highest BCUT2D eigenvalue weighted by Gasteiger charge is 2.16. The van der Waals surface area contributed by atoms with Crippen LogP contribution >= 0.6 is 0 Å². The summed E-state index contributed by atoms with van der Waals surface area (Å²) < 4.78 is 0. The third-order valence-electron chi connectivity index (χ3n) is 1.77. The molecule has 2 nitrogen and oxygen atoms in total. The maximum absolute atomic E-state index is 5.19. The molecule has 12 heavy (non-hydrogen) atoms. The fourth-order valence-electron chi connectivity index (χ4n) is 0.547. The molecule has 0 radical (unpaired) electrons. The van der Waals surface area contributed by atoms with E-state index in [1.165, 1.54) is 0 Å². The standard InChI is InChI=1S/C10H20O2/c1-5-7-8-9-11-12-10(3,4)6-2/h5H,1,6-9H2,2-4H3. The van der Waals surface area contributed by atoms with Gasteiger partial charge in [-0.25, -0.2) is 9.78 Å². The number of rotatable bonds is 7. The minimum atomic E-state index is -0.159. The fourth-order valence-corrected chi connectivity index (χ4v) is 0.547. The first-order chi connectivity index (χ1) is 5.62. The molecule has 0 heterocycles. The van der Waals surface area contributed by atoms with E-state index in [-0.39, 0.29) is 5.60 Å². The molecule has 0 aliphatic rings. The van der Waals surface area contributed by atoms with Crippen LogP contribution in [-0.4, -0.2) is 12.2 Å². The smallest absolute Gasteiger partial charge is 0.0977 e. The lowest BCUT2D eigenvalue weighted by Crippen LogP contribution is -2.23. The molecule has 0 spiro atoms. The Bertz CT molecular complexity index is 119. The Kier molecular flexibility index (Phi) is 6.03. The molecule has 0 aromatic carbocycles. The summed E-state index contributed by atoms with van der Waals surface area (Å²) in [5.41, 5.74) is -0.159. The van der Waals surface area contributed by atoms with E-state index in [1.807, 2.05) is 19.9 Å². The molecule has 0 N–H and O–H groups in total. The van der Waals surface area contributed by atoms with E-state index in [2.05, 4.69) is 13.5 Å². The minimum Gasteiger partial charge on any atom is -0.236 e. The maximum Gasteiger partial charge on any atom is 0.0977 e. The molecule has 0 aliphatic carbocycles. The van der Waals surface area contributed by atoms with Crippen LogP contribution in [0.15, 0.2) is 12.7 Å². The van der Waals surface area contributed by atoms with Crippen LogP contribution in [0.5, 0.6) is 0 Å². The van der Waals surface area contributed by atoms with Gasteiger partial charge in [-0.15, -0.1) is 6.58 Å². The lowest BCUT2D eigenvalue weighted by molar-refractivity contribution is -0.353. The summed E-state index contributed by atoms with van der Waals surface area (Å²) in [6, 6.07) is 0. The predicted octanol–water partition coefficient (Wildman–Crippen LogP) is 3.09. The third kappa shape index (κ3) is 6.38. The molecule has 0 saturated heterocycles. The average molecular weight is 172 g/mol. The van der Waals surface area contributed by atoms with Crippen LogP contribution in [-0.2, 0) is 9.78 Å². The van der Waals surface area contributed by atoms with E-state index < -0.39 is 0 Å². The highest BCUT2D eigenvalue weighted by Crippen LogP contribution is 2.13. The molecule has 0 bridgehead atoms. The van der Waals surface area contributed by atoms with Crippen LogP contribution in [0.3, 0.4) is 0 Å². The van der Waals surface area contributed by atoms with Crippen molar-refractivity contribution >= 4 is 0 Å². The molecule has 0 unspecified atom stereocenters. The van der Waals surface area contributed by atoms with Gasteiger partial charge >= 0.3 is 0 Å². The largest absolute Gasteiger partial charge is 0.236 e. The molecule has 0 rings (SSSR count). The molecule has 0 aromatic heterocycles. The van der Waals surface area contributed by atoms with Crippen molar-refractivity contribution in [3.63, 3.8) is 0 Å². The van der Waals surface area contributed by atoms with Crippen LogP contribution in [0.4, 0.5) is 0 Å². The van der Waals surface area contributed by atoms with Gasteiger partial charge in [0.2, 0.25) is 0 Å². The maximum atomic E-state index is 5.19. The lowest BCUT2D eigenvalue weighted by Gasteiger charge is -2.21. The summed E-state index contributed by atoms with van der Waals surface area (Å²) in [4.78, 5) is 10.2. The van der Waals surface area contributed by atoms with Crippen molar-refractivity contribution in [2.24, 2.45) is 0 Å². The summed E-state index contributed by atoms with van der Waals surface area (Å²) in [5, 5.41) is 0. The van der Waals surface area contributed by atoms with Gasteiger partial charge in [-0.3, -0.25) is 0 Å². The van der Waals surface area contributed by atoms with Crippen molar-refractivity contribution in [3.8, 4) is 0 Å². The lowest BCUT2D eigenvalue weighted by atomic mass is 10.1. The molecule has 0 aliphatic heterocycles. The van der Waals surface area contributed by atoms with E-state index in [9.17, 15) is 0 Å². The van der Waals surface area contributed by atoms with Gasteiger partial charge in [0.05, 0.1) is 12.2 Å².